The molecule has 3 aromatic rings. The summed E-state index contributed by atoms with van der Waals surface area (Å²) in [5.74, 6) is 1.86. The molecule has 0 aliphatic carbocycles. The standard InChI is InChI=1S/C20H20BrClN4O2/c1-13(28-17-6-5-15(22)12-16(17)21)20(27)25-10-7-14(8-11-25)19-24-23-18-4-2-3-9-26(18)19/h2-6,9,12-14H,7-8,10-11H2,1H3. The van der Waals surface area contributed by atoms with Crippen LogP contribution >= 0.6 is 27.5 Å². The van der Waals surface area contributed by atoms with Crippen LogP contribution in [0.5, 0.6) is 5.75 Å². The molecule has 1 fully saturated rings. The maximum Gasteiger partial charge on any atom is 0.263 e. The molecule has 1 aliphatic heterocycles. The Kier molecular flexibility index (Phi) is 5.55. The summed E-state index contributed by atoms with van der Waals surface area (Å²) in [5.41, 5.74) is 0.853. The summed E-state index contributed by atoms with van der Waals surface area (Å²) in [6, 6.07) is 11.1. The third-order valence-electron chi connectivity index (χ3n) is 5.06. The Balaban J connectivity index is 1.38. The van der Waals surface area contributed by atoms with Crippen LogP contribution in [0.4, 0.5) is 0 Å². The number of carbonyl (C=O) groups is 1. The first-order chi connectivity index (χ1) is 13.5. The van der Waals surface area contributed by atoms with Crippen molar-refractivity contribution < 1.29 is 9.53 Å². The summed E-state index contributed by atoms with van der Waals surface area (Å²) in [6.45, 7) is 3.14. The van der Waals surface area contributed by atoms with Crippen molar-refractivity contribution in [1.29, 1.82) is 0 Å². The van der Waals surface area contributed by atoms with Gasteiger partial charge >= 0.3 is 0 Å². The van der Waals surface area contributed by atoms with E-state index in [0.717, 1.165) is 28.8 Å². The van der Waals surface area contributed by atoms with Crippen LogP contribution in [0.25, 0.3) is 5.65 Å². The molecule has 1 saturated heterocycles. The third kappa shape index (κ3) is 3.86. The maximum atomic E-state index is 12.8. The fourth-order valence-corrected chi connectivity index (χ4v) is 4.34. The van der Waals surface area contributed by atoms with Gasteiger partial charge in [-0.1, -0.05) is 17.7 Å². The number of benzene rings is 1. The van der Waals surface area contributed by atoms with E-state index in [4.69, 9.17) is 16.3 Å². The summed E-state index contributed by atoms with van der Waals surface area (Å²) in [7, 11) is 0. The number of ether oxygens (including phenoxy) is 1. The number of hydrogen-bond acceptors (Lipinski definition) is 4. The Bertz CT molecular complexity index is 1000. The van der Waals surface area contributed by atoms with Gasteiger partial charge < -0.3 is 9.64 Å². The van der Waals surface area contributed by atoms with Gasteiger partial charge in [0.05, 0.1) is 4.47 Å². The molecule has 4 rings (SSSR count). The first-order valence-corrected chi connectivity index (χ1v) is 10.4. The maximum absolute atomic E-state index is 12.8. The van der Waals surface area contributed by atoms with Crippen LogP contribution in [0.3, 0.4) is 0 Å². The topological polar surface area (TPSA) is 59.7 Å². The van der Waals surface area contributed by atoms with Gasteiger partial charge in [0.25, 0.3) is 5.91 Å². The van der Waals surface area contributed by atoms with Crippen LogP contribution in [0.2, 0.25) is 5.02 Å². The normalized spacial score (nSPS) is 16.3. The predicted octanol–water partition coefficient (Wildman–Crippen LogP) is 4.32. The van der Waals surface area contributed by atoms with E-state index in [1.165, 1.54) is 0 Å². The zero-order chi connectivity index (χ0) is 19.7. The number of rotatable bonds is 4. The molecule has 146 valence electrons. The molecule has 2 aromatic heterocycles. The van der Waals surface area contributed by atoms with Gasteiger partial charge in [0, 0.05) is 30.2 Å². The highest BCUT2D eigenvalue weighted by molar-refractivity contribution is 9.10. The highest BCUT2D eigenvalue weighted by Crippen LogP contribution is 2.30. The smallest absolute Gasteiger partial charge is 0.263 e. The van der Waals surface area contributed by atoms with Gasteiger partial charge in [0.1, 0.15) is 11.6 Å². The molecule has 1 atom stereocenters. The molecular formula is C20H20BrClN4O2. The van der Waals surface area contributed by atoms with E-state index in [-0.39, 0.29) is 5.91 Å². The van der Waals surface area contributed by atoms with Gasteiger partial charge in [0.2, 0.25) is 0 Å². The van der Waals surface area contributed by atoms with Crippen LogP contribution in [-0.4, -0.2) is 44.6 Å². The van der Waals surface area contributed by atoms with Gasteiger partial charge in [-0.2, -0.15) is 0 Å². The van der Waals surface area contributed by atoms with E-state index >= 15 is 0 Å². The number of nitrogens with zero attached hydrogens (tertiary/aromatic N) is 4. The fourth-order valence-electron chi connectivity index (χ4n) is 3.57. The number of halogens is 2. The lowest BCUT2D eigenvalue weighted by Crippen LogP contribution is -2.44. The van der Waals surface area contributed by atoms with Crippen molar-refractivity contribution in [1.82, 2.24) is 19.5 Å². The highest BCUT2D eigenvalue weighted by Gasteiger charge is 2.29. The second-order valence-electron chi connectivity index (χ2n) is 6.92. The molecule has 1 unspecified atom stereocenters. The lowest BCUT2D eigenvalue weighted by molar-refractivity contribution is -0.139. The van der Waals surface area contributed by atoms with E-state index < -0.39 is 6.10 Å². The van der Waals surface area contributed by atoms with Crippen molar-refractivity contribution in [3.63, 3.8) is 0 Å². The molecule has 3 heterocycles. The Morgan fingerprint density at radius 3 is 2.79 bits per heavy atom. The van der Waals surface area contributed by atoms with Crippen molar-refractivity contribution in [2.45, 2.75) is 31.8 Å². The van der Waals surface area contributed by atoms with Gasteiger partial charge in [-0.3, -0.25) is 9.20 Å². The van der Waals surface area contributed by atoms with E-state index in [1.54, 1.807) is 25.1 Å². The lowest BCUT2D eigenvalue weighted by Gasteiger charge is -2.33. The molecule has 6 nitrogen and oxygen atoms in total. The quantitative estimate of drug-likeness (QED) is 0.578. The van der Waals surface area contributed by atoms with E-state index in [2.05, 4.69) is 26.1 Å². The van der Waals surface area contributed by atoms with E-state index in [9.17, 15) is 4.79 Å². The average molecular weight is 464 g/mol. The monoisotopic (exact) mass is 462 g/mol. The first-order valence-electron chi connectivity index (χ1n) is 9.23. The third-order valence-corrected chi connectivity index (χ3v) is 5.91. The zero-order valence-electron chi connectivity index (χ0n) is 15.4. The zero-order valence-corrected chi connectivity index (χ0v) is 17.7. The molecule has 0 bridgehead atoms. The van der Waals surface area contributed by atoms with Crippen molar-refractivity contribution in [2.24, 2.45) is 0 Å². The lowest BCUT2D eigenvalue weighted by atomic mass is 9.95. The van der Waals surface area contributed by atoms with Crippen LogP contribution in [0, 0.1) is 0 Å². The van der Waals surface area contributed by atoms with Crippen LogP contribution < -0.4 is 4.74 Å². The SMILES string of the molecule is CC(Oc1ccc(Cl)cc1Br)C(=O)N1CCC(c2nnc3ccccn23)CC1. The number of likely N-dealkylation sites (tertiary alicyclic amines) is 1. The highest BCUT2D eigenvalue weighted by atomic mass is 79.9. The Morgan fingerprint density at radius 2 is 2.04 bits per heavy atom. The fraction of sp³-hybridized carbons (Fsp3) is 0.350. The minimum Gasteiger partial charge on any atom is -0.480 e. The molecule has 1 amide bonds. The van der Waals surface area contributed by atoms with Gasteiger partial charge in [-0.15, -0.1) is 10.2 Å². The molecule has 1 aliphatic rings. The number of amides is 1. The minimum absolute atomic E-state index is 0.00796. The Morgan fingerprint density at radius 1 is 1.25 bits per heavy atom. The summed E-state index contributed by atoms with van der Waals surface area (Å²) < 4.78 is 8.62. The van der Waals surface area contributed by atoms with Crippen LogP contribution in [-0.2, 0) is 4.79 Å². The van der Waals surface area contributed by atoms with E-state index in [1.807, 2.05) is 33.7 Å². The van der Waals surface area contributed by atoms with Gasteiger partial charge in [-0.25, -0.2) is 0 Å². The van der Waals surface area contributed by atoms with Gasteiger partial charge in [0.15, 0.2) is 11.8 Å². The molecule has 0 N–H and O–H groups in total. The molecule has 8 heteroatoms. The van der Waals surface area contributed by atoms with Crippen LogP contribution in [0.15, 0.2) is 47.1 Å². The second-order valence-corrected chi connectivity index (χ2v) is 8.21. The molecule has 0 saturated carbocycles. The molecule has 0 radical (unpaired) electrons. The number of piperidine rings is 1. The predicted molar refractivity (Wildman–Crippen MR) is 111 cm³/mol. The first kappa shape index (κ1) is 19.2. The van der Waals surface area contributed by atoms with Gasteiger partial charge in [-0.05, 0) is 66.0 Å². The second kappa shape index (κ2) is 8.09. The van der Waals surface area contributed by atoms with E-state index in [0.29, 0.717) is 29.8 Å². The summed E-state index contributed by atoms with van der Waals surface area (Å²) >= 11 is 9.38. The van der Waals surface area contributed by atoms with Crippen molar-refractivity contribution in [3.05, 3.63) is 57.9 Å². The number of fused-ring (bicyclic) bond motifs is 1. The van der Waals surface area contributed by atoms with Crippen molar-refractivity contribution in [3.8, 4) is 5.75 Å². The minimum atomic E-state index is -0.567. The van der Waals surface area contributed by atoms with Crippen molar-refractivity contribution in [2.75, 3.05) is 13.1 Å². The molecular weight excluding hydrogens is 444 g/mol. The van der Waals surface area contributed by atoms with Crippen LogP contribution in [0.1, 0.15) is 31.5 Å². The Labute approximate surface area is 176 Å². The number of hydrogen-bond donors (Lipinski definition) is 0. The molecule has 0 spiro atoms. The number of aromatic nitrogens is 3. The largest absolute Gasteiger partial charge is 0.480 e. The molecule has 1 aromatic carbocycles. The molecule has 28 heavy (non-hydrogen) atoms. The number of pyridine rings is 1. The summed E-state index contributed by atoms with van der Waals surface area (Å²) in [6.07, 6.45) is 3.14. The summed E-state index contributed by atoms with van der Waals surface area (Å²) in [5, 5.41) is 9.21. The average Bonchev–Trinajstić information content (AvgIpc) is 3.14. The Hall–Kier alpha value is -2.12. The van der Waals surface area contributed by atoms with Crippen molar-refractivity contribution >= 4 is 39.1 Å². The number of carbonyl (C=O) groups excluding carboxylic acids is 1. The summed E-state index contributed by atoms with van der Waals surface area (Å²) in [4.78, 5) is 14.7.